The van der Waals surface area contributed by atoms with Crippen LogP contribution in [0, 0.1) is 0 Å². The van der Waals surface area contributed by atoms with Gasteiger partial charge in [0.1, 0.15) is 12.4 Å². The van der Waals surface area contributed by atoms with Crippen LogP contribution in [-0.2, 0) is 13.2 Å². The van der Waals surface area contributed by atoms with Crippen LogP contribution >= 0.6 is 47.2 Å². The number of rotatable bonds is 6. The Morgan fingerprint density at radius 3 is 2.32 bits per heavy atom. The molecule has 0 radical (unpaired) electrons. The predicted octanol–water partition coefficient (Wildman–Crippen LogP) is 5.76. The molecule has 0 bridgehead atoms. The molecule has 0 atom stereocenters. The van der Waals surface area contributed by atoms with E-state index in [1.165, 1.54) is 0 Å². The van der Waals surface area contributed by atoms with Crippen LogP contribution in [0.1, 0.15) is 18.1 Å². The topological polar surface area (TPSA) is 21.3 Å². The van der Waals surface area contributed by atoms with E-state index in [1.54, 1.807) is 12.1 Å². The molecule has 0 aliphatic carbocycles. The van der Waals surface area contributed by atoms with Crippen molar-refractivity contribution in [3.63, 3.8) is 0 Å². The highest BCUT2D eigenvalue weighted by molar-refractivity contribution is 6.35. The molecular weight excluding hydrogens is 364 g/mol. The summed E-state index contributed by atoms with van der Waals surface area (Å²) in [6.45, 7) is 4.03. The minimum Gasteiger partial charge on any atom is -0.489 e. The maximum Gasteiger partial charge on any atom is 0.124 e. The smallest absolute Gasteiger partial charge is 0.124 e. The highest BCUT2D eigenvalue weighted by atomic mass is 35.5. The minimum absolute atomic E-state index is 0. The van der Waals surface area contributed by atoms with Gasteiger partial charge in [0.05, 0.1) is 0 Å². The molecule has 0 spiro atoms. The van der Waals surface area contributed by atoms with Crippen LogP contribution in [0.15, 0.2) is 36.4 Å². The molecule has 0 heterocycles. The molecule has 2 aromatic carbocycles. The maximum atomic E-state index is 6.15. The van der Waals surface area contributed by atoms with Gasteiger partial charge < -0.3 is 10.1 Å². The Bertz CT molecular complexity index is 619. The van der Waals surface area contributed by atoms with Crippen molar-refractivity contribution < 1.29 is 4.74 Å². The Morgan fingerprint density at radius 2 is 1.64 bits per heavy atom. The van der Waals surface area contributed by atoms with Crippen molar-refractivity contribution in [2.75, 3.05) is 6.54 Å². The molecular formula is C16H17Cl4NO. The van der Waals surface area contributed by atoms with Crippen molar-refractivity contribution in [2.24, 2.45) is 0 Å². The fraction of sp³-hybridized carbons (Fsp3) is 0.250. The van der Waals surface area contributed by atoms with Gasteiger partial charge in [-0.25, -0.2) is 0 Å². The SMILES string of the molecule is CCNCc1cc(Cl)ccc1OCc1ccc(Cl)cc1Cl.Cl. The molecule has 2 rings (SSSR count). The summed E-state index contributed by atoms with van der Waals surface area (Å²) in [5.41, 5.74) is 1.92. The molecule has 2 nitrogen and oxygen atoms in total. The number of halogens is 4. The van der Waals surface area contributed by atoms with Crippen LogP contribution in [0.25, 0.3) is 0 Å². The molecule has 0 saturated carbocycles. The summed E-state index contributed by atoms with van der Waals surface area (Å²) in [6, 6.07) is 11.0. The summed E-state index contributed by atoms with van der Waals surface area (Å²) in [5, 5.41) is 5.18. The van der Waals surface area contributed by atoms with E-state index in [-0.39, 0.29) is 12.4 Å². The third kappa shape index (κ3) is 5.53. The lowest BCUT2D eigenvalue weighted by Crippen LogP contribution is -2.13. The zero-order chi connectivity index (χ0) is 15.2. The summed E-state index contributed by atoms with van der Waals surface area (Å²) in [5.74, 6) is 0.798. The van der Waals surface area contributed by atoms with Crippen molar-refractivity contribution >= 4 is 47.2 Å². The molecule has 22 heavy (non-hydrogen) atoms. The first kappa shape index (κ1) is 19.4. The zero-order valence-corrected chi connectivity index (χ0v) is 15.1. The third-order valence-electron chi connectivity index (χ3n) is 2.99. The Labute approximate surface area is 152 Å². The summed E-state index contributed by atoms with van der Waals surface area (Å²) in [6.07, 6.45) is 0. The van der Waals surface area contributed by atoms with Gasteiger partial charge >= 0.3 is 0 Å². The number of nitrogens with one attached hydrogen (secondary N) is 1. The van der Waals surface area contributed by atoms with Gasteiger partial charge in [-0.05, 0) is 36.9 Å². The lowest BCUT2D eigenvalue weighted by Gasteiger charge is -2.13. The lowest BCUT2D eigenvalue weighted by molar-refractivity contribution is 0.302. The molecule has 0 saturated heterocycles. The number of hydrogen-bond acceptors (Lipinski definition) is 2. The molecule has 1 N–H and O–H groups in total. The number of hydrogen-bond donors (Lipinski definition) is 1. The Hall–Kier alpha value is -0.640. The third-order valence-corrected chi connectivity index (χ3v) is 3.81. The molecule has 2 aromatic rings. The van der Waals surface area contributed by atoms with Gasteiger partial charge in [-0.15, -0.1) is 12.4 Å². The molecule has 0 aliphatic heterocycles. The van der Waals surface area contributed by atoms with Crippen molar-refractivity contribution in [2.45, 2.75) is 20.1 Å². The normalized spacial score (nSPS) is 10.2. The molecule has 120 valence electrons. The van der Waals surface area contributed by atoms with Crippen LogP contribution in [0.5, 0.6) is 5.75 Å². The monoisotopic (exact) mass is 379 g/mol. The second-order valence-electron chi connectivity index (χ2n) is 4.56. The Morgan fingerprint density at radius 1 is 0.955 bits per heavy atom. The summed E-state index contributed by atoms with van der Waals surface area (Å²) >= 11 is 18.1. The first-order valence-corrected chi connectivity index (χ1v) is 7.79. The van der Waals surface area contributed by atoms with E-state index in [2.05, 4.69) is 12.2 Å². The second kappa shape index (κ2) is 9.49. The van der Waals surface area contributed by atoms with Gasteiger partial charge in [0.15, 0.2) is 0 Å². The zero-order valence-electron chi connectivity index (χ0n) is 12.0. The van der Waals surface area contributed by atoms with E-state index in [0.717, 1.165) is 23.4 Å². The largest absolute Gasteiger partial charge is 0.489 e. The van der Waals surface area contributed by atoms with Crippen LogP contribution in [0.4, 0.5) is 0 Å². The number of benzene rings is 2. The van der Waals surface area contributed by atoms with E-state index in [0.29, 0.717) is 28.2 Å². The summed E-state index contributed by atoms with van der Waals surface area (Å²) in [7, 11) is 0. The quantitative estimate of drug-likeness (QED) is 0.687. The van der Waals surface area contributed by atoms with Crippen LogP contribution in [0.3, 0.4) is 0 Å². The number of ether oxygens (including phenoxy) is 1. The van der Waals surface area contributed by atoms with Crippen molar-refractivity contribution in [3.8, 4) is 5.75 Å². The van der Waals surface area contributed by atoms with E-state index in [4.69, 9.17) is 39.5 Å². The Balaban J connectivity index is 0.00000242. The van der Waals surface area contributed by atoms with Gasteiger partial charge in [0.25, 0.3) is 0 Å². The Kier molecular flexibility index (Phi) is 8.37. The van der Waals surface area contributed by atoms with E-state index < -0.39 is 0 Å². The van der Waals surface area contributed by atoms with Crippen molar-refractivity contribution in [1.82, 2.24) is 5.32 Å². The average molecular weight is 381 g/mol. The standard InChI is InChI=1S/C16H16Cl3NO.ClH/c1-2-20-9-12-7-13(17)5-6-16(12)21-10-11-3-4-14(18)8-15(11)19;/h3-8,20H,2,9-10H2,1H3;1H. The maximum absolute atomic E-state index is 6.15. The van der Waals surface area contributed by atoms with E-state index in [1.807, 2.05) is 24.3 Å². The minimum atomic E-state index is 0. The predicted molar refractivity (Wildman–Crippen MR) is 96.9 cm³/mol. The molecule has 0 aliphatic rings. The summed E-state index contributed by atoms with van der Waals surface area (Å²) in [4.78, 5) is 0. The van der Waals surface area contributed by atoms with Gasteiger partial charge in [0, 0.05) is 32.7 Å². The first-order valence-electron chi connectivity index (χ1n) is 6.66. The summed E-state index contributed by atoms with van der Waals surface area (Å²) < 4.78 is 5.87. The van der Waals surface area contributed by atoms with E-state index in [9.17, 15) is 0 Å². The molecule has 6 heteroatoms. The van der Waals surface area contributed by atoms with Gasteiger partial charge in [-0.3, -0.25) is 0 Å². The highest BCUT2D eigenvalue weighted by Gasteiger charge is 2.07. The van der Waals surface area contributed by atoms with E-state index >= 15 is 0 Å². The fourth-order valence-electron chi connectivity index (χ4n) is 1.88. The first-order chi connectivity index (χ1) is 10.1. The molecule has 0 fully saturated rings. The van der Waals surface area contributed by atoms with Crippen molar-refractivity contribution in [3.05, 3.63) is 62.6 Å². The van der Waals surface area contributed by atoms with Crippen molar-refractivity contribution in [1.29, 1.82) is 0 Å². The highest BCUT2D eigenvalue weighted by Crippen LogP contribution is 2.26. The average Bonchev–Trinajstić information content (AvgIpc) is 2.45. The second-order valence-corrected chi connectivity index (χ2v) is 5.84. The van der Waals surface area contributed by atoms with Gasteiger partial charge in [-0.1, -0.05) is 47.8 Å². The molecule has 0 aromatic heterocycles. The van der Waals surface area contributed by atoms with Crippen LogP contribution in [-0.4, -0.2) is 6.54 Å². The molecule has 0 amide bonds. The van der Waals surface area contributed by atoms with Crippen LogP contribution in [0.2, 0.25) is 15.1 Å². The fourth-order valence-corrected chi connectivity index (χ4v) is 2.54. The lowest BCUT2D eigenvalue weighted by atomic mass is 10.2. The van der Waals surface area contributed by atoms with Gasteiger partial charge in [0.2, 0.25) is 0 Å². The van der Waals surface area contributed by atoms with Crippen LogP contribution < -0.4 is 10.1 Å². The van der Waals surface area contributed by atoms with Gasteiger partial charge in [-0.2, -0.15) is 0 Å². The molecule has 0 unspecified atom stereocenters.